The molecule has 0 radical (unpaired) electrons. The highest BCUT2D eigenvalue weighted by molar-refractivity contribution is 5.74. The normalized spacial score (nSPS) is 13.4. The minimum Gasteiger partial charge on any atom is -0.335 e. The van der Waals surface area contributed by atoms with Crippen LogP contribution < -0.4 is 10.6 Å². The first-order chi connectivity index (χ1) is 10.6. The van der Waals surface area contributed by atoms with E-state index in [0.717, 1.165) is 17.8 Å². The Morgan fingerprint density at radius 1 is 1.27 bits per heavy atom. The van der Waals surface area contributed by atoms with Crippen LogP contribution in [0.15, 0.2) is 36.4 Å². The number of nitrogens with zero attached hydrogens (tertiary/aromatic N) is 1. The van der Waals surface area contributed by atoms with Crippen molar-refractivity contribution in [3.8, 4) is 0 Å². The maximum absolute atomic E-state index is 12.0. The van der Waals surface area contributed by atoms with Gasteiger partial charge in [0.2, 0.25) is 0 Å². The lowest BCUT2D eigenvalue weighted by Gasteiger charge is -2.21. The van der Waals surface area contributed by atoms with Crippen molar-refractivity contribution in [3.05, 3.63) is 53.3 Å². The second-order valence-corrected chi connectivity index (χ2v) is 5.55. The molecule has 0 aliphatic carbocycles. The summed E-state index contributed by atoms with van der Waals surface area (Å²) in [6, 6.07) is 12.0. The van der Waals surface area contributed by atoms with E-state index < -0.39 is 0 Å². The molecule has 1 aromatic carbocycles. The standard InChI is InChI=1S/C17H24N4O/c1-4-15-10-16(21-20-15)11-18-17(22)19-13(3)12(2)14-8-6-5-7-9-14/h5-10,12-13H,4,11H2,1-3H3,(H,20,21)(H2,18,19,22)/t12-,13-/m0/s1. The van der Waals surface area contributed by atoms with E-state index in [0.29, 0.717) is 6.54 Å². The van der Waals surface area contributed by atoms with Crippen LogP contribution in [0.3, 0.4) is 0 Å². The molecule has 22 heavy (non-hydrogen) atoms. The maximum atomic E-state index is 12.0. The van der Waals surface area contributed by atoms with Gasteiger partial charge in [-0.05, 0) is 25.0 Å². The number of nitrogens with one attached hydrogen (secondary N) is 3. The molecule has 3 N–H and O–H groups in total. The number of aryl methyl sites for hydroxylation is 1. The van der Waals surface area contributed by atoms with Crippen LogP contribution in [0.4, 0.5) is 4.79 Å². The van der Waals surface area contributed by atoms with Crippen molar-refractivity contribution in [3.63, 3.8) is 0 Å². The Labute approximate surface area is 131 Å². The van der Waals surface area contributed by atoms with Crippen molar-refractivity contribution in [2.75, 3.05) is 0 Å². The monoisotopic (exact) mass is 300 g/mol. The van der Waals surface area contributed by atoms with Crippen LogP contribution in [-0.4, -0.2) is 22.3 Å². The molecule has 2 rings (SSSR count). The number of aromatic nitrogens is 2. The summed E-state index contributed by atoms with van der Waals surface area (Å²) in [5, 5.41) is 12.9. The minimum atomic E-state index is -0.164. The van der Waals surface area contributed by atoms with E-state index in [2.05, 4.69) is 39.9 Å². The largest absolute Gasteiger partial charge is 0.335 e. The molecule has 5 nitrogen and oxygen atoms in total. The van der Waals surface area contributed by atoms with Crippen LogP contribution in [0, 0.1) is 0 Å². The first-order valence-electron chi connectivity index (χ1n) is 7.72. The van der Waals surface area contributed by atoms with Gasteiger partial charge in [0.15, 0.2) is 0 Å². The highest BCUT2D eigenvalue weighted by Crippen LogP contribution is 2.18. The Bertz CT molecular complexity index is 594. The number of carbonyl (C=O) groups excluding carboxylic acids is 1. The van der Waals surface area contributed by atoms with E-state index in [4.69, 9.17) is 0 Å². The van der Waals surface area contributed by atoms with Crippen LogP contribution in [0.1, 0.15) is 43.6 Å². The molecular weight excluding hydrogens is 276 g/mol. The lowest BCUT2D eigenvalue weighted by Crippen LogP contribution is -2.42. The molecule has 2 atom stereocenters. The summed E-state index contributed by atoms with van der Waals surface area (Å²) >= 11 is 0. The number of benzene rings is 1. The molecule has 0 saturated heterocycles. The first kappa shape index (κ1) is 16.1. The average molecular weight is 300 g/mol. The smallest absolute Gasteiger partial charge is 0.315 e. The van der Waals surface area contributed by atoms with Gasteiger partial charge in [-0.3, -0.25) is 5.10 Å². The van der Waals surface area contributed by atoms with E-state index in [1.807, 2.05) is 38.1 Å². The second-order valence-electron chi connectivity index (χ2n) is 5.55. The third-order valence-corrected chi connectivity index (χ3v) is 3.92. The van der Waals surface area contributed by atoms with Gasteiger partial charge in [0, 0.05) is 12.0 Å². The fourth-order valence-corrected chi connectivity index (χ4v) is 2.28. The van der Waals surface area contributed by atoms with Gasteiger partial charge in [-0.15, -0.1) is 0 Å². The fraction of sp³-hybridized carbons (Fsp3) is 0.412. The molecule has 0 fully saturated rings. The number of aromatic amines is 1. The SMILES string of the molecule is CCc1cc(CNC(=O)N[C@@H](C)[C@H](C)c2ccccc2)[nH]n1. The first-order valence-corrected chi connectivity index (χ1v) is 7.72. The Kier molecular flexibility index (Phi) is 5.58. The van der Waals surface area contributed by atoms with E-state index in [-0.39, 0.29) is 18.0 Å². The zero-order valence-corrected chi connectivity index (χ0v) is 13.4. The van der Waals surface area contributed by atoms with Crippen LogP contribution in [0.2, 0.25) is 0 Å². The number of hydrogen-bond acceptors (Lipinski definition) is 2. The Morgan fingerprint density at radius 2 is 2.00 bits per heavy atom. The summed E-state index contributed by atoms with van der Waals surface area (Å²) in [5.74, 6) is 0.255. The van der Waals surface area contributed by atoms with Gasteiger partial charge in [0.1, 0.15) is 0 Å². The lowest BCUT2D eigenvalue weighted by molar-refractivity contribution is 0.235. The van der Waals surface area contributed by atoms with Crippen molar-refractivity contribution < 1.29 is 4.79 Å². The predicted octanol–water partition coefficient (Wildman–Crippen LogP) is 2.96. The molecule has 118 valence electrons. The third kappa shape index (κ3) is 4.35. The highest BCUT2D eigenvalue weighted by Gasteiger charge is 2.16. The number of rotatable bonds is 6. The molecule has 0 spiro atoms. The molecular formula is C17H24N4O. The molecule has 0 saturated carbocycles. The zero-order valence-electron chi connectivity index (χ0n) is 13.4. The number of urea groups is 1. The number of hydrogen-bond donors (Lipinski definition) is 3. The molecule has 0 bridgehead atoms. The van der Waals surface area contributed by atoms with Crippen LogP contribution in [-0.2, 0) is 13.0 Å². The maximum Gasteiger partial charge on any atom is 0.315 e. The van der Waals surface area contributed by atoms with Crippen molar-refractivity contribution in [2.24, 2.45) is 0 Å². The van der Waals surface area contributed by atoms with Crippen LogP contribution in [0.25, 0.3) is 0 Å². The average Bonchev–Trinajstić information content (AvgIpc) is 3.01. The van der Waals surface area contributed by atoms with E-state index in [1.165, 1.54) is 5.56 Å². The lowest BCUT2D eigenvalue weighted by atomic mass is 9.95. The van der Waals surface area contributed by atoms with Gasteiger partial charge in [-0.2, -0.15) is 5.10 Å². The minimum absolute atomic E-state index is 0.0513. The quantitative estimate of drug-likeness (QED) is 0.767. The summed E-state index contributed by atoms with van der Waals surface area (Å²) in [7, 11) is 0. The van der Waals surface area contributed by atoms with Crippen molar-refractivity contribution in [1.82, 2.24) is 20.8 Å². The van der Waals surface area contributed by atoms with Gasteiger partial charge in [0.05, 0.1) is 17.9 Å². The topological polar surface area (TPSA) is 69.8 Å². The van der Waals surface area contributed by atoms with Gasteiger partial charge in [0.25, 0.3) is 0 Å². The van der Waals surface area contributed by atoms with E-state index in [9.17, 15) is 4.79 Å². The molecule has 1 heterocycles. The summed E-state index contributed by atoms with van der Waals surface area (Å²) in [5.41, 5.74) is 3.13. The van der Waals surface area contributed by atoms with Crippen molar-refractivity contribution >= 4 is 6.03 Å². The third-order valence-electron chi connectivity index (χ3n) is 3.92. The van der Waals surface area contributed by atoms with Crippen LogP contribution in [0.5, 0.6) is 0 Å². The molecule has 2 aromatic rings. The van der Waals surface area contributed by atoms with Gasteiger partial charge < -0.3 is 10.6 Å². The Morgan fingerprint density at radius 3 is 2.64 bits per heavy atom. The van der Waals surface area contributed by atoms with Gasteiger partial charge in [-0.25, -0.2) is 4.79 Å². The summed E-state index contributed by atoms with van der Waals surface area (Å²) in [6.07, 6.45) is 0.883. The predicted molar refractivity (Wildman–Crippen MR) is 87.7 cm³/mol. The zero-order chi connectivity index (χ0) is 15.9. The molecule has 2 amide bonds. The van der Waals surface area contributed by atoms with Crippen molar-refractivity contribution in [1.29, 1.82) is 0 Å². The summed E-state index contributed by atoms with van der Waals surface area (Å²) in [6.45, 7) is 6.63. The van der Waals surface area contributed by atoms with Gasteiger partial charge in [-0.1, -0.05) is 44.2 Å². The molecule has 5 heteroatoms. The number of carbonyl (C=O) groups is 1. The number of amides is 2. The number of H-pyrrole nitrogens is 1. The summed E-state index contributed by atoms with van der Waals surface area (Å²) < 4.78 is 0. The molecule has 0 aliphatic rings. The Hall–Kier alpha value is -2.30. The van der Waals surface area contributed by atoms with E-state index >= 15 is 0 Å². The summed E-state index contributed by atoms with van der Waals surface area (Å²) in [4.78, 5) is 12.0. The highest BCUT2D eigenvalue weighted by atomic mass is 16.2. The fourth-order valence-electron chi connectivity index (χ4n) is 2.28. The molecule has 1 aromatic heterocycles. The van der Waals surface area contributed by atoms with Gasteiger partial charge >= 0.3 is 6.03 Å². The second kappa shape index (κ2) is 7.64. The van der Waals surface area contributed by atoms with Crippen molar-refractivity contribution in [2.45, 2.75) is 45.7 Å². The van der Waals surface area contributed by atoms with E-state index in [1.54, 1.807) is 0 Å². The molecule has 0 unspecified atom stereocenters. The Balaban J connectivity index is 1.81. The molecule has 0 aliphatic heterocycles. The van der Waals surface area contributed by atoms with Crippen LogP contribution >= 0.6 is 0 Å².